The molecule has 2 aromatic heterocycles. The van der Waals surface area contributed by atoms with E-state index in [1.165, 1.54) is 30.6 Å². The molecule has 2 aromatic rings. The van der Waals surface area contributed by atoms with Crippen molar-refractivity contribution >= 4 is 22.6 Å². The van der Waals surface area contributed by atoms with Gasteiger partial charge in [0.25, 0.3) is 0 Å². The summed E-state index contributed by atoms with van der Waals surface area (Å²) in [5.41, 5.74) is -0.0182. The summed E-state index contributed by atoms with van der Waals surface area (Å²) in [4.78, 5) is 17.4. The summed E-state index contributed by atoms with van der Waals surface area (Å²) in [5, 5.41) is 17.2. The summed E-state index contributed by atoms with van der Waals surface area (Å²) < 4.78 is 6.00. The molecular weight excluding hydrogens is 280 g/mol. The fourth-order valence-corrected chi connectivity index (χ4v) is 2.96. The van der Waals surface area contributed by atoms with Crippen LogP contribution in [-0.4, -0.2) is 48.5 Å². The van der Waals surface area contributed by atoms with E-state index in [4.69, 9.17) is 5.11 Å². The molecule has 4 rings (SSSR count). The lowest BCUT2D eigenvalue weighted by atomic mass is 10.1. The standard InChI is InChI=1S/C11H12N6O2S/c18-10(19)8-5-17(15-13-8)7-3-16(4-7)11-12-9(14-20-11)6-1-2-6/h5-7H,1-4H2,(H,18,19). The number of hydrogen-bond acceptors (Lipinski definition) is 7. The average Bonchev–Trinajstić information content (AvgIpc) is 2.91. The highest BCUT2D eigenvalue weighted by molar-refractivity contribution is 7.09. The van der Waals surface area contributed by atoms with E-state index >= 15 is 0 Å². The molecule has 1 N–H and O–H groups in total. The fourth-order valence-electron chi connectivity index (χ4n) is 2.19. The highest BCUT2D eigenvalue weighted by atomic mass is 32.1. The highest BCUT2D eigenvalue weighted by Crippen LogP contribution is 2.40. The monoisotopic (exact) mass is 292 g/mol. The molecule has 2 fully saturated rings. The van der Waals surface area contributed by atoms with E-state index in [9.17, 15) is 4.79 Å². The molecule has 0 aromatic carbocycles. The molecule has 0 bridgehead atoms. The molecule has 1 aliphatic heterocycles. The number of carboxylic acids is 1. The first-order valence-electron chi connectivity index (χ1n) is 6.44. The van der Waals surface area contributed by atoms with E-state index < -0.39 is 5.97 Å². The second kappa shape index (κ2) is 4.23. The maximum absolute atomic E-state index is 10.8. The van der Waals surface area contributed by atoms with E-state index in [0.717, 1.165) is 24.0 Å². The second-order valence-corrected chi connectivity index (χ2v) is 5.89. The van der Waals surface area contributed by atoms with Crippen LogP contribution in [0.2, 0.25) is 0 Å². The molecular formula is C11H12N6O2S. The van der Waals surface area contributed by atoms with Crippen LogP contribution in [0.15, 0.2) is 6.20 Å². The molecule has 0 radical (unpaired) electrons. The normalized spacial score (nSPS) is 19.1. The number of carbonyl (C=O) groups is 1. The molecule has 8 nitrogen and oxygen atoms in total. The smallest absolute Gasteiger partial charge is 0.358 e. The molecule has 0 spiro atoms. The van der Waals surface area contributed by atoms with Crippen molar-refractivity contribution in [3.8, 4) is 0 Å². The molecule has 0 atom stereocenters. The van der Waals surface area contributed by atoms with E-state index in [1.807, 2.05) is 0 Å². The average molecular weight is 292 g/mol. The van der Waals surface area contributed by atoms with E-state index in [0.29, 0.717) is 5.92 Å². The topological polar surface area (TPSA) is 97.0 Å². The minimum absolute atomic E-state index is 0.0182. The Morgan fingerprint density at radius 2 is 2.20 bits per heavy atom. The molecule has 1 saturated carbocycles. The van der Waals surface area contributed by atoms with Gasteiger partial charge in [-0.1, -0.05) is 5.21 Å². The van der Waals surface area contributed by atoms with Crippen molar-refractivity contribution in [2.24, 2.45) is 0 Å². The van der Waals surface area contributed by atoms with Gasteiger partial charge in [-0.3, -0.25) is 0 Å². The Balaban J connectivity index is 1.41. The largest absolute Gasteiger partial charge is 0.476 e. The zero-order valence-electron chi connectivity index (χ0n) is 10.5. The third kappa shape index (κ3) is 1.94. The second-order valence-electron chi connectivity index (χ2n) is 5.16. The SMILES string of the molecule is O=C(O)c1cn(C2CN(c3nc(C4CC4)ns3)C2)nn1. The molecule has 20 heavy (non-hydrogen) atoms. The predicted molar refractivity (Wildman–Crippen MR) is 70.1 cm³/mol. The Labute approximate surface area is 118 Å². The molecule has 0 unspecified atom stereocenters. The molecule has 104 valence electrons. The van der Waals surface area contributed by atoms with Crippen molar-refractivity contribution in [2.75, 3.05) is 18.0 Å². The third-order valence-electron chi connectivity index (χ3n) is 3.61. The van der Waals surface area contributed by atoms with Crippen molar-refractivity contribution in [3.63, 3.8) is 0 Å². The molecule has 0 amide bonds. The van der Waals surface area contributed by atoms with Crippen molar-refractivity contribution in [1.29, 1.82) is 0 Å². The van der Waals surface area contributed by atoms with Crippen LogP contribution in [-0.2, 0) is 0 Å². The van der Waals surface area contributed by atoms with Crippen LogP contribution < -0.4 is 4.90 Å². The number of anilines is 1. The molecule has 9 heteroatoms. The summed E-state index contributed by atoms with van der Waals surface area (Å²) in [6.07, 6.45) is 3.88. The van der Waals surface area contributed by atoms with Gasteiger partial charge in [0.2, 0.25) is 5.13 Å². The Morgan fingerprint density at radius 1 is 1.40 bits per heavy atom. The lowest BCUT2D eigenvalue weighted by molar-refractivity contribution is 0.0690. The van der Waals surface area contributed by atoms with E-state index in [-0.39, 0.29) is 11.7 Å². The first-order valence-corrected chi connectivity index (χ1v) is 7.22. The number of aromatic carboxylic acids is 1. The van der Waals surface area contributed by atoms with Crippen LogP contribution >= 0.6 is 11.5 Å². The zero-order valence-corrected chi connectivity index (χ0v) is 11.3. The Hall–Kier alpha value is -2.03. The van der Waals surface area contributed by atoms with Gasteiger partial charge < -0.3 is 10.0 Å². The molecule has 1 aliphatic carbocycles. The first kappa shape index (κ1) is 11.8. The van der Waals surface area contributed by atoms with Gasteiger partial charge in [-0.05, 0) is 12.8 Å². The number of nitrogens with zero attached hydrogens (tertiary/aromatic N) is 6. The summed E-state index contributed by atoms with van der Waals surface area (Å²) in [5.74, 6) is 0.499. The van der Waals surface area contributed by atoms with Gasteiger partial charge in [0.15, 0.2) is 5.69 Å². The molecule has 2 aliphatic rings. The van der Waals surface area contributed by atoms with Gasteiger partial charge in [-0.25, -0.2) is 14.5 Å². The van der Waals surface area contributed by atoms with Crippen molar-refractivity contribution in [3.05, 3.63) is 17.7 Å². The first-order chi connectivity index (χ1) is 9.70. The lowest BCUT2D eigenvalue weighted by Crippen LogP contribution is -2.48. The quantitative estimate of drug-likeness (QED) is 0.888. The van der Waals surface area contributed by atoms with Crippen LogP contribution in [0.1, 0.15) is 41.1 Å². The maximum Gasteiger partial charge on any atom is 0.358 e. The zero-order chi connectivity index (χ0) is 13.7. The lowest BCUT2D eigenvalue weighted by Gasteiger charge is -2.38. The van der Waals surface area contributed by atoms with Crippen LogP contribution in [0, 0.1) is 0 Å². The predicted octanol–water partition coefficient (Wildman–Crippen LogP) is 0.766. The molecule has 1 saturated heterocycles. The summed E-state index contributed by atoms with van der Waals surface area (Å²) in [7, 11) is 0. The summed E-state index contributed by atoms with van der Waals surface area (Å²) in [6.45, 7) is 1.53. The summed E-state index contributed by atoms with van der Waals surface area (Å²) in [6, 6.07) is 0.156. The Bertz CT molecular complexity index is 657. The number of rotatable bonds is 4. The maximum atomic E-state index is 10.8. The highest BCUT2D eigenvalue weighted by Gasteiger charge is 2.34. The summed E-state index contributed by atoms with van der Waals surface area (Å²) >= 11 is 1.43. The van der Waals surface area contributed by atoms with Crippen molar-refractivity contribution in [1.82, 2.24) is 24.4 Å². The van der Waals surface area contributed by atoms with Gasteiger partial charge in [-0.2, -0.15) is 4.37 Å². The number of carboxylic acid groups (broad SMARTS) is 1. The van der Waals surface area contributed by atoms with Crippen LogP contribution in [0.5, 0.6) is 0 Å². The third-order valence-corrected chi connectivity index (χ3v) is 4.40. The van der Waals surface area contributed by atoms with Crippen molar-refractivity contribution < 1.29 is 9.90 Å². The van der Waals surface area contributed by atoms with Gasteiger partial charge in [0.05, 0.1) is 12.2 Å². The fraction of sp³-hybridized carbons (Fsp3) is 0.545. The van der Waals surface area contributed by atoms with Crippen LogP contribution in [0.25, 0.3) is 0 Å². The Morgan fingerprint density at radius 3 is 2.85 bits per heavy atom. The van der Waals surface area contributed by atoms with E-state index in [2.05, 4.69) is 24.6 Å². The Kier molecular flexibility index (Phi) is 2.49. The van der Waals surface area contributed by atoms with Gasteiger partial charge in [-0.15, -0.1) is 5.10 Å². The minimum Gasteiger partial charge on any atom is -0.476 e. The van der Waals surface area contributed by atoms with Gasteiger partial charge in [0.1, 0.15) is 5.82 Å². The van der Waals surface area contributed by atoms with Crippen LogP contribution in [0.4, 0.5) is 5.13 Å². The van der Waals surface area contributed by atoms with E-state index in [1.54, 1.807) is 4.68 Å². The molecule has 3 heterocycles. The van der Waals surface area contributed by atoms with Gasteiger partial charge >= 0.3 is 5.97 Å². The number of hydrogen-bond donors (Lipinski definition) is 1. The van der Waals surface area contributed by atoms with Gasteiger partial charge in [0, 0.05) is 30.5 Å². The number of aromatic nitrogens is 5. The van der Waals surface area contributed by atoms with Crippen molar-refractivity contribution in [2.45, 2.75) is 24.8 Å². The van der Waals surface area contributed by atoms with Crippen LogP contribution in [0.3, 0.4) is 0 Å². The minimum atomic E-state index is -1.05.